The molecule has 2 N–H and O–H groups in total. The SMILES string of the molecule is CCN(C(=O)OC)c1cccc(-c2cc(-c3ccnn3C3CCOCC3)c3c(N)ncnn23)c1. The highest BCUT2D eigenvalue weighted by Gasteiger charge is 2.24. The fourth-order valence-electron chi connectivity index (χ4n) is 4.58. The number of aromatic nitrogens is 5. The second kappa shape index (κ2) is 9.14. The summed E-state index contributed by atoms with van der Waals surface area (Å²) in [6, 6.07) is 12.0. The Balaban J connectivity index is 1.65. The Kier molecular flexibility index (Phi) is 5.89. The summed E-state index contributed by atoms with van der Waals surface area (Å²) in [5.74, 6) is 0.386. The molecule has 0 bridgehead atoms. The molecule has 0 unspecified atom stereocenters. The molecule has 176 valence electrons. The van der Waals surface area contributed by atoms with Gasteiger partial charge in [0.1, 0.15) is 11.8 Å². The maximum absolute atomic E-state index is 12.2. The van der Waals surface area contributed by atoms with Gasteiger partial charge in [-0.15, -0.1) is 0 Å². The van der Waals surface area contributed by atoms with Crippen molar-refractivity contribution in [3.8, 4) is 22.5 Å². The van der Waals surface area contributed by atoms with Gasteiger partial charge in [0, 0.05) is 42.8 Å². The van der Waals surface area contributed by atoms with Crippen LogP contribution in [0.25, 0.3) is 28.0 Å². The number of fused-ring (bicyclic) bond motifs is 1. The summed E-state index contributed by atoms with van der Waals surface area (Å²) in [4.78, 5) is 18.1. The van der Waals surface area contributed by atoms with Crippen molar-refractivity contribution in [2.45, 2.75) is 25.8 Å². The summed E-state index contributed by atoms with van der Waals surface area (Å²) in [5.41, 5.74) is 11.4. The van der Waals surface area contributed by atoms with Gasteiger partial charge in [0.2, 0.25) is 0 Å². The van der Waals surface area contributed by atoms with Crippen molar-refractivity contribution >= 4 is 23.1 Å². The Morgan fingerprint density at radius 1 is 1.21 bits per heavy atom. The maximum atomic E-state index is 12.2. The second-order valence-electron chi connectivity index (χ2n) is 8.12. The molecule has 1 amide bonds. The molecule has 0 aliphatic carbocycles. The molecule has 5 rings (SSSR count). The molecule has 1 fully saturated rings. The highest BCUT2D eigenvalue weighted by Crippen LogP contribution is 2.37. The second-order valence-corrected chi connectivity index (χ2v) is 8.12. The van der Waals surface area contributed by atoms with Crippen molar-refractivity contribution in [1.82, 2.24) is 24.4 Å². The minimum atomic E-state index is -0.410. The summed E-state index contributed by atoms with van der Waals surface area (Å²) in [5, 5.41) is 9.13. The third-order valence-corrected chi connectivity index (χ3v) is 6.23. The minimum Gasteiger partial charge on any atom is -0.452 e. The quantitative estimate of drug-likeness (QED) is 0.481. The van der Waals surface area contributed by atoms with Gasteiger partial charge in [-0.3, -0.25) is 9.58 Å². The lowest BCUT2D eigenvalue weighted by molar-refractivity contribution is 0.0667. The van der Waals surface area contributed by atoms with Gasteiger partial charge in [-0.05, 0) is 44.0 Å². The lowest BCUT2D eigenvalue weighted by Crippen LogP contribution is -2.30. The average molecular weight is 462 g/mol. The number of rotatable bonds is 5. The molecule has 3 aromatic heterocycles. The number of hydrogen-bond donors (Lipinski definition) is 1. The van der Waals surface area contributed by atoms with Crippen LogP contribution in [0.4, 0.5) is 16.3 Å². The molecule has 0 spiro atoms. The number of carbonyl (C=O) groups is 1. The van der Waals surface area contributed by atoms with E-state index < -0.39 is 6.09 Å². The molecule has 1 aliphatic heterocycles. The van der Waals surface area contributed by atoms with Crippen molar-refractivity contribution in [2.24, 2.45) is 0 Å². The van der Waals surface area contributed by atoms with Gasteiger partial charge in [-0.2, -0.15) is 10.2 Å². The van der Waals surface area contributed by atoms with E-state index in [1.165, 1.54) is 13.4 Å². The van der Waals surface area contributed by atoms with E-state index in [1.54, 1.807) is 9.42 Å². The smallest absolute Gasteiger partial charge is 0.413 e. The van der Waals surface area contributed by atoms with E-state index in [9.17, 15) is 4.79 Å². The third-order valence-electron chi connectivity index (χ3n) is 6.23. The van der Waals surface area contributed by atoms with Crippen LogP contribution in [0.2, 0.25) is 0 Å². The Morgan fingerprint density at radius 2 is 2.03 bits per heavy atom. The lowest BCUT2D eigenvalue weighted by atomic mass is 10.1. The van der Waals surface area contributed by atoms with E-state index in [4.69, 9.17) is 15.2 Å². The van der Waals surface area contributed by atoms with Crippen LogP contribution in [0.1, 0.15) is 25.8 Å². The Bertz CT molecular complexity index is 1320. The number of methoxy groups -OCH3 is 1. The van der Waals surface area contributed by atoms with Gasteiger partial charge < -0.3 is 15.2 Å². The maximum Gasteiger partial charge on any atom is 0.413 e. The standard InChI is InChI=1S/C24H27N7O3/c1-3-29(24(32)33-2)18-6-4-5-16(13-18)21-14-19(22-23(25)26-15-28-31(21)22)20-7-10-27-30(20)17-8-11-34-12-9-17/h4-7,10,13-15,17H,3,8-9,11-12H2,1-2H3,(H2,25,26,28). The molecule has 1 saturated heterocycles. The molecule has 0 atom stereocenters. The van der Waals surface area contributed by atoms with Crippen molar-refractivity contribution < 1.29 is 14.3 Å². The summed E-state index contributed by atoms with van der Waals surface area (Å²) in [6.07, 6.45) is 4.66. The molecule has 4 heterocycles. The fourth-order valence-corrected chi connectivity index (χ4v) is 4.58. The zero-order chi connectivity index (χ0) is 23.7. The predicted octanol–water partition coefficient (Wildman–Crippen LogP) is 3.79. The van der Waals surface area contributed by atoms with Crippen LogP contribution < -0.4 is 10.6 Å². The first-order valence-corrected chi connectivity index (χ1v) is 11.3. The number of nitrogens with two attached hydrogens (primary N) is 1. The number of hydrogen-bond acceptors (Lipinski definition) is 7. The first kappa shape index (κ1) is 21.9. The molecule has 4 aromatic rings. The summed E-state index contributed by atoms with van der Waals surface area (Å²) in [6.45, 7) is 3.82. The van der Waals surface area contributed by atoms with Gasteiger partial charge in [0.15, 0.2) is 5.82 Å². The molecule has 1 aliphatic rings. The largest absolute Gasteiger partial charge is 0.452 e. The molecule has 1 aromatic carbocycles. The van der Waals surface area contributed by atoms with E-state index in [2.05, 4.69) is 25.9 Å². The van der Waals surface area contributed by atoms with Gasteiger partial charge >= 0.3 is 6.09 Å². The lowest BCUT2D eigenvalue weighted by Gasteiger charge is -2.24. The number of carbonyl (C=O) groups excluding carboxylic acids is 1. The van der Waals surface area contributed by atoms with Crippen LogP contribution in [0.15, 0.2) is 48.9 Å². The van der Waals surface area contributed by atoms with E-state index in [0.717, 1.165) is 59.8 Å². The average Bonchev–Trinajstić information content (AvgIpc) is 3.51. The van der Waals surface area contributed by atoms with Crippen molar-refractivity contribution in [1.29, 1.82) is 0 Å². The van der Waals surface area contributed by atoms with Crippen LogP contribution >= 0.6 is 0 Å². The first-order chi connectivity index (χ1) is 16.6. The van der Waals surface area contributed by atoms with Gasteiger partial charge in [0.05, 0.1) is 24.5 Å². The molecular weight excluding hydrogens is 434 g/mol. The van der Waals surface area contributed by atoms with Crippen LogP contribution in [0.5, 0.6) is 0 Å². The van der Waals surface area contributed by atoms with Gasteiger partial charge in [-0.1, -0.05) is 12.1 Å². The predicted molar refractivity (Wildman–Crippen MR) is 129 cm³/mol. The van der Waals surface area contributed by atoms with Gasteiger partial charge in [-0.25, -0.2) is 14.3 Å². The molecule has 34 heavy (non-hydrogen) atoms. The Hall–Kier alpha value is -3.92. The number of anilines is 2. The fraction of sp³-hybridized carbons (Fsp3) is 0.333. The van der Waals surface area contributed by atoms with E-state index in [0.29, 0.717) is 12.4 Å². The zero-order valence-corrected chi connectivity index (χ0v) is 19.2. The number of nitrogen functional groups attached to an aromatic ring is 1. The minimum absolute atomic E-state index is 0.254. The van der Waals surface area contributed by atoms with Crippen LogP contribution in [-0.2, 0) is 9.47 Å². The summed E-state index contributed by atoms with van der Waals surface area (Å²) in [7, 11) is 1.38. The van der Waals surface area contributed by atoms with E-state index >= 15 is 0 Å². The first-order valence-electron chi connectivity index (χ1n) is 11.3. The summed E-state index contributed by atoms with van der Waals surface area (Å²) < 4.78 is 14.3. The molecule has 0 radical (unpaired) electrons. The number of amides is 1. The number of benzene rings is 1. The molecule has 10 nitrogen and oxygen atoms in total. The van der Waals surface area contributed by atoms with Crippen molar-refractivity contribution in [2.75, 3.05) is 37.5 Å². The van der Waals surface area contributed by atoms with Crippen LogP contribution in [-0.4, -0.2) is 57.3 Å². The zero-order valence-electron chi connectivity index (χ0n) is 19.2. The monoisotopic (exact) mass is 461 g/mol. The van der Waals surface area contributed by atoms with Crippen molar-refractivity contribution in [3.05, 3.63) is 48.9 Å². The van der Waals surface area contributed by atoms with Crippen molar-refractivity contribution in [3.63, 3.8) is 0 Å². The Labute approximate surface area is 196 Å². The highest BCUT2D eigenvalue weighted by molar-refractivity contribution is 5.92. The van der Waals surface area contributed by atoms with E-state index in [-0.39, 0.29) is 6.04 Å². The number of nitrogens with zero attached hydrogens (tertiary/aromatic N) is 6. The third kappa shape index (κ3) is 3.75. The normalized spacial score (nSPS) is 14.4. The van der Waals surface area contributed by atoms with Crippen LogP contribution in [0.3, 0.4) is 0 Å². The Morgan fingerprint density at radius 3 is 2.79 bits per heavy atom. The van der Waals surface area contributed by atoms with Gasteiger partial charge in [0.25, 0.3) is 0 Å². The molecule has 10 heteroatoms. The number of ether oxygens (including phenoxy) is 2. The topological polar surface area (TPSA) is 113 Å². The molecule has 0 saturated carbocycles. The molecular formula is C24H27N7O3. The summed E-state index contributed by atoms with van der Waals surface area (Å²) >= 11 is 0. The van der Waals surface area contributed by atoms with E-state index in [1.807, 2.05) is 43.5 Å². The van der Waals surface area contributed by atoms with Crippen LogP contribution in [0, 0.1) is 0 Å². The highest BCUT2D eigenvalue weighted by atomic mass is 16.5.